The van der Waals surface area contributed by atoms with Crippen molar-refractivity contribution in [3.63, 3.8) is 0 Å². The standard InChI is InChI=1S/C12H17NO3S/c1-8-3-4-11(17-8)9(2)13-5-6-16-7-10(13)12(14)15/h3-4,9-10H,5-7H2,1-2H3,(H,14,15). The zero-order valence-electron chi connectivity index (χ0n) is 10.0. The van der Waals surface area contributed by atoms with Crippen molar-refractivity contribution in [2.75, 3.05) is 19.8 Å². The van der Waals surface area contributed by atoms with Gasteiger partial charge in [-0.05, 0) is 26.0 Å². The summed E-state index contributed by atoms with van der Waals surface area (Å²) in [5.41, 5.74) is 0. The van der Waals surface area contributed by atoms with Gasteiger partial charge in [0, 0.05) is 22.3 Å². The lowest BCUT2D eigenvalue weighted by atomic mass is 10.1. The molecule has 2 atom stereocenters. The Morgan fingerprint density at radius 1 is 1.65 bits per heavy atom. The van der Waals surface area contributed by atoms with Gasteiger partial charge in [-0.3, -0.25) is 9.69 Å². The van der Waals surface area contributed by atoms with Crippen LogP contribution >= 0.6 is 11.3 Å². The minimum absolute atomic E-state index is 0.138. The maximum atomic E-state index is 11.2. The number of ether oxygens (including phenoxy) is 1. The lowest BCUT2D eigenvalue weighted by Crippen LogP contribution is -2.50. The Morgan fingerprint density at radius 3 is 3.00 bits per heavy atom. The summed E-state index contributed by atoms with van der Waals surface area (Å²) in [5, 5.41) is 9.19. The van der Waals surface area contributed by atoms with Crippen LogP contribution in [0.3, 0.4) is 0 Å². The fourth-order valence-corrected chi connectivity index (χ4v) is 3.08. The largest absolute Gasteiger partial charge is 0.480 e. The number of carbonyl (C=O) groups is 1. The van der Waals surface area contributed by atoms with Crippen molar-refractivity contribution in [3.05, 3.63) is 21.9 Å². The molecule has 0 radical (unpaired) electrons. The predicted molar refractivity (Wildman–Crippen MR) is 66.4 cm³/mol. The maximum absolute atomic E-state index is 11.2. The molecule has 2 rings (SSSR count). The van der Waals surface area contributed by atoms with Crippen molar-refractivity contribution in [2.24, 2.45) is 0 Å². The van der Waals surface area contributed by atoms with Gasteiger partial charge in [-0.2, -0.15) is 0 Å². The molecular weight excluding hydrogens is 238 g/mol. The van der Waals surface area contributed by atoms with E-state index in [2.05, 4.69) is 26.0 Å². The van der Waals surface area contributed by atoms with Crippen molar-refractivity contribution in [2.45, 2.75) is 25.9 Å². The SMILES string of the molecule is Cc1ccc(C(C)N2CCOCC2C(=O)O)s1. The van der Waals surface area contributed by atoms with Crippen LogP contribution in [0.25, 0.3) is 0 Å². The average molecular weight is 255 g/mol. The van der Waals surface area contributed by atoms with Crippen LogP contribution in [0.5, 0.6) is 0 Å². The van der Waals surface area contributed by atoms with E-state index in [-0.39, 0.29) is 12.6 Å². The molecule has 1 fully saturated rings. The summed E-state index contributed by atoms with van der Waals surface area (Å²) in [5.74, 6) is -0.801. The minimum atomic E-state index is -0.801. The van der Waals surface area contributed by atoms with E-state index >= 15 is 0 Å². The Morgan fingerprint density at radius 2 is 2.41 bits per heavy atom. The molecule has 4 nitrogen and oxygen atoms in total. The van der Waals surface area contributed by atoms with Gasteiger partial charge in [-0.25, -0.2) is 0 Å². The molecule has 0 saturated carbocycles. The van der Waals surface area contributed by atoms with Crippen LogP contribution in [-0.2, 0) is 9.53 Å². The normalized spacial score (nSPS) is 23.5. The smallest absolute Gasteiger partial charge is 0.323 e. The number of aliphatic carboxylic acids is 1. The number of thiophene rings is 1. The zero-order chi connectivity index (χ0) is 12.4. The average Bonchev–Trinajstić information content (AvgIpc) is 2.75. The molecule has 0 aromatic carbocycles. The van der Waals surface area contributed by atoms with Crippen LogP contribution in [0.15, 0.2) is 12.1 Å². The van der Waals surface area contributed by atoms with Crippen molar-refractivity contribution >= 4 is 17.3 Å². The summed E-state index contributed by atoms with van der Waals surface area (Å²) in [7, 11) is 0. The van der Waals surface area contributed by atoms with Gasteiger partial charge in [-0.1, -0.05) is 0 Å². The number of carboxylic acid groups (broad SMARTS) is 1. The van der Waals surface area contributed by atoms with Gasteiger partial charge in [0.05, 0.1) is 13.2 Å². The van der Waals surface area contributed by atoms with Gasteiger partial charge in [0.15, 0.2) is 0 Å². The summed E-state index contributed by atoms with van der Waals surface area (Å²) in [6.07, 6.45) is 0. The second-order valence-corrected chi connectivity index (χ2v) is 5.61. The molecule has 0 spiro atoms. The Bertz CT molecular complexity index is 404. The number of hydrogen-bond donors (Lipinski definition) is 1. The van der Waals surface area contributed by atoms with E-state index in [4.69, 9.17) is 4.74 Å². The van der Waals surface area contributed by atoms with Crippen LogP contribution in [-0.4, -0.2) is 41.8 Å². The summed E-state index contributed by atoms with van der Waals surface area (Å²) in [6, 6.07) is 3.77. The topological polar surface area (TPSA) is 49.8 Å². The third-order valence-corrected chi connectivity index (χ3v) is 4.30. The number of aryl methyl sites for hydroxylation is 1. The van der Waals surface area contributed by atoms with Gasteiger partial charge in [0.25, 0.3) is 0 Å². The summed E-state index contributed by atoms with van der Waals surface area (Å²) in [6.45, 7) is 5.69. The van der Waals surface area contributed by atoms with E-state index in [9.17, 15) is 9.90 Å². The first-order valence-corrected chi connectivity index (χ1v) is 6.54. The molecule has 2 unspecified atom stereocenters. The maximum Gasteiger partial charge on any atom is 0.323 e. The molecule has 1 aromatic rings. The molecule has 5 heteroatoms. The van der Waals surface area contributed by atoms with Gasteiger partial charge >= 0.3 is 5.97 Å². The van der Waals surface area contributed by atoms with Crippen LogP contribution in [0.2, 0.25) is 0 Å². The Balaban J connectivity index is 2.16. The molecule has 1 saturated heterocycles. The molecule has 2 heterocycles. The van der Waals surface area contributed by atoms with Crippen LogP contribution in [0.1, 0.15) is 22.7 Å². The third-order valence-electron chi connectivity index (χ3n) is 3.13. The van der Waals surface area contributed by atoms with Crippen molar-refractivity contribution in [1.29, 1.82) is 0 Å². The molecule has 1 aliphatic rings. The summed E-state index contributed by atoms with van der Waals surface area (Å²) in [4.78, 5) is 15.7. The molecule has 1 aromatic heterocycles. The van der Waals surface area contributed by atoms with E-state index in [1.54, 1.807) is 11.3 Å². The first kappa shape index (κ1) is 12.5. The molecular formula is C12H17NO3S. The Hall–Kier alpha value is -0.910. The van der Waals surface area contributed by atoms with Gasteiger partial charge in [0.2, 0.25) is 0 Å². The number of carboxylic acids is 1. The monoisotopic (exact) mass is 255 g/mol. The highest BCUT2D eigenvalue weighted by atomic mass is 32.1. The van der Waals surface area contributed by atoms with E-state index in [1.165, 1.54) is 9.75 Å². The van der Waals surface area contributed by atoms with Crippen molar-refractivity contribution in [1.82, 2.24) is 4.90 Å². The molecule has 0 amide bonds. The molecule has 1 aliphatic heterocycles. The van der Waals surface area contributed by atoms with Crippen molar-refractivity contribution < 1.29 is 14.6 Å². The molecule has 1 N–H and O–H groups in total. The van der Waals surface area contributed by atoms with Gasteiger partial charge in [-0.15, -0.1) is 11.3 Å². The Labute approximate surface area is 105 Å². The highest BCUT2D eigenvalue weighted by Crippen LogP contribution is 2.29. The number of nitrogens with zero attached hydrogens (tertiary/aromatic N) is 1. The molecule has 17 heavy (non-hydrogen) atoms. The number of hydrogen-bond acceptors (Lipinski definition) is 4. The predicted octanol–water partition coefficient (Wildman–Crippen LogP) is 1.90. The molecule has 0 aliphatic carbocycles. The second-order valence-electron chi connectivity index (χ2n) is 4.29. The highest BCUT2D eigenvalue weighted by molar-refractivity contribution is 7.12. The quantitative estimate of drug-likeness (QED) is 0.896. The fraction of sp³-hybridized carbons (Fsp3) is 0.583. The first-order chi connectivity index (χ1) is 8.09. The van der Waals surface area contributed by atoms with E-state index in [1.807, 2.05) is 4.90 Å². The lowest BCUT2D eigenvalue weighted by Gasteiger charge is -2.36. The van der Waals surface area contributed by atoms with E-state index < -0.39 is 12.0 Å². The Kier molecular flexibility index (Phi) is 3.81. The van der Waals surface area contributed by atoms with E-state index in [0.717, 1.165) is 0 Å². The number of rotatable bonds is 3. The third kappa shape index (κ3) is 2.68. The second kappa shape index (κ2) is 5.16. The summed E-state index contributed by atoms with van der Waals surface area (Å²) >= 11 is 1.73. The van der Waals surface area contributed by atoms with Crippen LogP contribution in [0, 0.1) is 6.92 Å². The molecule has 94 valence electrons. The first-order valence-electron chi connectivity index (χ1n) is 5.72. The highest BCUT2D eigenvalue weighted by Gasteiger charge is 2.33. The number of morpholine rings is 1. The zero-order valence-corrected chi connectivity index (χ0v) is 10.9. The van der Waals surface area contributed by atoms with Crippen LogP contribution < -0.4 is 0 Å². The van der Waals surface area contributed by atoms with Gasteiger partial charge in [0.1, 0.15) is 6.04 Å². The lowest BCUT2D eigenvalue weighted by molar-refractivity contribution is -0.151. The fourth-order valence-electron chi connectivity index (χ4n) is 2.13. The van der Waals surface area contributed by atoms with E-state index in [0.29, 0.717) is 13.2 Å². The minimum Gasteiger partial charge on any atom is -0.480 e. The van der Waals surface area contributed by atoms with Gasteiger partial charge < -0.3 is 9.84 Å². The molecule has 0 bridgehead atoms. The van der Waals surface area contributed by atoms with Crippen molar-refractivity contribution in [3.8, 4) is 0 Å². The van der Waals surface area contributed by atoms with Crippen LogP contribution in [0.4, 0.5) is 0 Å². The summed E-state index contributed by atoms with van der Waals surface area (Å²) < 4.78 is 5.25.